The Labute approximate surface area is 138 Å². The predicted molar refractivity (Wildman–Crippen MR) is 85.2 cm³/mol. The third-order valence-electron chi connectivity index (χ3n) is 3.90. The lowest BCUT2D eigenvalue weighted by molar-refractivity contribution is -0.304. The van der Waals surface area contributed by atoms with Crippen molar-refractivity contribution in [2.75, 3.05) is 0 Å². The molecule has 3 aromatic rings. The van der Waals surface area contributed by atoms with Crippen molar-refractivity contribution in [2.24, 2.45) is 0 Å². The van der Waals surface area contributed by atoms with Crippen LogP contribution in [0.3, 0.4) is 0 Å². The maximum atomic E-state index is 11.1. The molecule has 0 aliphatic heterocycles. The quantitative estimate of drug-likeness (QED) is 0.776. The largest absolute Gasteiger partial charge is 0.550 e. The highest BCUT2D eigenvalue weighted by Gasteiger charge is 2.15. The number of aryl methyl sites for hydroxylation is 2. The van der Waals surface area contributed by atoms with E-state index in [4.69, 9.17) is 9.68 Å². The van der Waals surface area contributed by atoms with Crippen molar-refractivity contribution in [1.29, 1.82) is 5.26 Å². The number of fused-ring (bicyclic) bond motifs is 1. The summed E-state index contributed by atoms with van der Waals surface area (Å²) in [6.45, 7) is 0. The molecule has 24 heavy (non-hydrogen) atoms. The summed E-state index contributed by atoms with van der Waals surface area (Å²) in [6, 6.07) is 13.8. The molecular weight excluding hydrogens is 306 g/mol. The van der Waals surface area contributed by atoms with Crippen LogP contribution in [0.2, 0.25) is 0 Å². The fourth-order valence-electron chi connectivity index (χ4n) is 2.73. The highest BCUT2D eigenvalue weighted by atomic mass is 16.4. The van der Waals surface area contributed by atoms with Gasteiger partial charge in [-0.2, -0.15) is 5.26 Å². The maximum Gasteiger partial charge on any atom is 0.134 e. The Morgan fingerprint density at radius 2 is 1.92 bits per heavy atom. The van der Waals surface area contributed by atoms with E-state index in [0.717, 1.165) is 5.56 Å². The van der Waals surface area contributed by atoms with E-state index in [9.17, 15) is 15.0 Å². The molecule has 0 unspecified atom stereocenters. The normalized spacial score (nSPS) is 10.6. The van der Waals surface area contributed by atoms with Gasteiger partial charge in [0, 0.05) is 29.8 Å². The van der Waals surface area contributed by atoms with E-state index in [1.807, 2.05) is 18.2 Å². The Kier molecular flexibility index (Phi) is 4.21. The maximum absolute atomic E-state index is 11.1. The molecule has 0 fully saturated rings. The Balaban J connectivity index is 1.95. The van der Waals surface area contributed by atoms with Crippen molar-refractivity contribution >= 4 is 16.9 Å². The molecule has 1 aromatic heterocycles. The highest BCUT2D eigenvalue weighted by Crippen LogP contribution is 2.28. The van der Waals surface area contributed by atoms with Crippen LogP contribution < -0.4 is 5.11 Å². The van der Waals surface area contributed by atoms with Crippen LogP contribution in [0.15, 0.2) is 46.9 Å². The lowest BCUT2D eigenvalue weighted by Crippen LogP contribution is -2.24. The van der Waals surface area contributed by atoms with E-state index in [1.54, 1.807) is 30.3 Å². The van der Waals surface area contributed by atoms with Crippen molar-refractivity contribution in [3.05, 3.63) is 64.9 Å². The van der Waals surface area contributed by atoms with E-state index in [1.165, 1.54) is 0 Å². The van der Waals surface area contributed by atoms with E-state index in [2.05, 4.69) is 0 Å². The number of hydrogen-bond acceptors (Lipinski definition) is 5. The Hall–Kier alpha value is -3.26. The van der Waals surface area contributed by atoms with Crippen LogP contribution in [-0.2, 0) is 24.1 Å². The average Bonchev–Trinajstić information content (AvgIpc) is 2.90. The number of carboxylic acid groups (broad SMARTS) is 1. The van der Waals surface area contributed by atoms with Gasteiger partial charge in [-0.15, -0.1) is 0 Å². The number of furan rings is 1. The summed E-state index contributed by atoms with van der Waals surface area (Å²) in [4.78, 5) is 11.1. The van der Waals surface area contributed by atoms with Gasteiger partial charge in [0.05, 0.1) is 11.6 Å². The van der Waals surface area contributed by atoms with Crippen molar-refractivity contribution in [3.8, 4) is 11.8 Å². The lowest BCUT2D eigenvalue weighted by atomic mass is 10.0. The summed E-state index contributed by atoms with van der Waals surface area (Å²) in [7, 11) is 0. The highest BCUT2D eigenvalue weighted by molar-refractivity contribution is 5.87. The van der Waals surface area contributed by atoms with Gasteiger partial charge in [0.25, 0.3) is 0 Å². The van der Waals surface area contributed by atoms with Crippen LogP contribution in [0.5, 0.6) is 5.75 Å². The second-order valence-electron chi connectivity index (χ2n) is 5.54. The number of phenolic OH excluding ortho intramolecular Hbond substituents is 1. The van der Waals surface area contributed by atoms with Crippen LogP contribution in [0.1, 0.15) is 22.5 Å². The van der Waals surface area contributed by atoms with Crippen LogP contribution in [-0.4, -0.2) is 11.1 Å². The van der Waals surface area contributed by atoms with Gasteiger partial charge in [0.2, 0.25) is 0 Å². The SMILES string of the molecule is N#Cc1ccc2oc(CCc3ccc(O)cc3)c(CC(=O)[O-])c2c1. The fraction of sp³-hybridized carbons (Fsp3) is 0.158. The van der Waals surface area contributed by atoms with Gasteiger partial charge in [-0.1, -0.05) is 12.1 Å². The number of carboxylic acids is 1. The lowest BCUT2D eigenvalue weighted by Gasteiger charge is -2.05. The van der Waals surface area contributed by atoms with Gasteiger partial charge in [-0.05, 0) is 42.3 Å². The molecule has 0 aliphatic rings. The minimum Gasteiger partial charge on any atom is -0.550 e. The topological polar surface area (TPSA) is 97.3 Å². The molecule has 0 saturated carbocycles. The number of aromatic hydroxyl groups is 1. The molecule has 0 amide bonds. The number of nitrogens with zero attached hydrogens (tertiary/aromatic N) is 1. The van der Waals surface area contributed by atoms with Crippen molar-refractivity contribution in [1.82, 2.24) is 0 Å². The zero-order chi connectivity index (χ0) is 17.1. The number of aliphatic carboxylic acids is 1. The standard InChI is InChI=1S/C19H15NO4/c20-11-13-4-8-17-15(9-13)16(10-19(22)23)18(24-17)7-3-12-1-5-14(21)6-2-12/h1-2,4-6,8-9,21H,3,7,10H2,(H,22,23)/p-1. The van der Waals surface area contributed by atoms with Crippen molar-refractivity contribution in [3.63, 3.8) is 0 Å². The number of phenols is 1. The molecule has 0 bridgehead atoms. The Bertz CT molecular complexity index is 932. The smallest absolute Gasteiger partial charge is 0.134 e. The molecule has 1 N–H and O–H groups in total. The zero-order valence-electron chi connectivity index (χ0n) is 12.8. The van der Waals surface area contributed by atoms with Crippen LogP contribution in [0.25, 0.3) is 11.0 Å². The first-order valence-electron chi connectivity index (χ1n) is 7.49. The molecule has 5 heteroatoms. The number of carbonyl (C=O) groups excluding carboxylic acids is 1. The molecular formula is C19H14NO4-. The third-order valence-corrected chi connectivity index (χ3v) is 3.90. The van der Waals surface area contributed by atoms with E-state index >= 15 is 0 Å². The van der Waals surface area contributed by atoms with E-state index in [-0.39, 0.29) is 12.2 Å². The monoisotopic (exact) mass is 320 g/mol. The average molecular weight is 320 g/mol. The molecule has 3 rings (SSSR count). The molecule has 0 aliphatic carbocycles. The third kappa shape index (κ3) is 3.23. The molecule has 5 nitrogen and oxygen atoms in total. The summed E-state index contributed by atoms with van der Waals surface area (Å²) < 4.78 is 5.80. The first kappa shape index (κ1) is 15.6. The van der Waals surface area contributed by atoms with Crippen LogP contribution in [0.4, 0.5) is 0 Å². The zero-order valence-corrected chi connectivity index (χ0v) is 12.8. The number of benzene rings is 2. The molecule has 120 valence electrons. The van der Waals surface area contributed by atoms with E-state index < -0.39 is 5.97 Å². The Morgan fingerprint density at radius 1 is 1.17 bits per heavy atom. The molecule has 0 atom stereocenters. The second kappa shape index (κ2) is 6.47. The van der Waals surface area contributed by atoms with Gasteiger partial charge in [-0.25, -0.2) is 0 Å². The summed E-state index contributed by atoms with van der Waals surface area (Å²) in [5.74, 6) is -0.410. The van der Waals surface area contributed by atoms with Crippen LogP contribution >= 0.6 is 0 Å². The summed E-state index contributed by atoms with van der Waals surface area (Å²) in [5.41, 5.74) is 2.57. The van der Waals surface area contributed by atoms with E-state index in [0.29, 0.717) is 40.7 Å². The van der Waals surface area contributed by atoms with Crippen LogP contribution in [0, 0.1) is 11.3 Å². The van der Waals surface area contributed by atoms with Crippen molar-refractivity contribution < 1.29 is 19.4 Å². The van der Waals surface area contributed by atoms with Gasteiger partial charge in [0.15, 0.2) is 0 Å². The molecule has 0 radical (unpaired) electrons. The first-order valence-corrected chi connectivity index (χ1v) is 7.49. The first-order chi connectivity index (χ1) is 11.6. The summed E-state index contributed by atoms with van der Waals surface area (Å²) >= 11 is 0. The molecule has 1 heterocycles. The molecule has 2 aromatic carbocycles. The van der Waals surface area contributed by atoms with Gasteiger partial charge >= 0.3 is 0 Å². The minimum absolute atomic E-state index is 0.198. The van der Waals surface area contributed by atoms with Crippen molar-refractivity contribution in [2.45, 2.75) is 19.3 Å². The van der Waals surface area contributed by atoms with Gasteiger partial charge in [-0.3, -0.25) is 0 Å². The van der Waals surface area contributed by atoms with Gasteiger partial charge in [0.1, 0.15) is 17.1 Å². The number of hydrogen-bond donors (Lipinski definition) is 1. The summed E-state index contributed by atoms with van der Waals surface area (Å²) in [6.07, 6.45) is 0.905. The predicted octanol–water partition coefficient (Wildman–Crippen LogP) is 2.09. The minimum atomic E-state index is -1.19. The summed E-state index contributed by atoms with van der Waals surface area (Å²) in [5, 5.41) is 30.1. The molecule has 0 spiro atoms. The number of nitriles is 1. The Morgan fingerprint density at radius 3 is 2.58 bits per heavy atom. The number of carbonyl (C=O) groups is 1. The van der Waals surface area contributed by atoms with Gasteiger partial charge < -0.3 is 19.4 Å². The molecule has 0 saturated heterocycles. The fourth-order valence-corrected chi connectivity index (χ4v) is 2.73. The second-order valence-corrected chi connectivity index (χ2v) is 5.54. The number of rotatable bonds is 5.